The van der Waals surface area contributed by atoms with Crippen LogP contribution in [0.4, 0.5) is 5.69 Å². The summed E-state index contributed by atoms with van der Waals surface area (Å²) in [4.78, 5) is 10.6. The molecule has 0 bridgehead atoms. The fraction of sp³-hybridized carbons (Fsp3) is 0.500. The van der Waals surface area contributed by atoms with Gasteiger partial charge in [-0.25, -0.2) is 0 Å². The minimum Gasteiger partial charge on any atom is -0.496 e. The van der Waals surface area contributed by atoms with Crippen molar-refractivity contribution in [1.29, 1.82) is 0 Å². The Kier molecular flexibility index (Phi) is 4.49. The fourth-order valence-corrected chi connectivity index (χ4v) is 1.72. The quantitative estimate of drug-likeness (QED) is 0.644. The van der Waals surface area contributed by atoms with E-state index >= 15 is 0 Å². The molecule has 1 N–H and O–H groups in total. The van der Waals surface area contributed by atoms with Gasteiger partial charge < -0.3 is 14.6 Å². The number of aliphatic hydroxyl groups excluding tert-OH is 1. The minimum absolute atomic E-state index is 0.107. The second kappa shape index (κ2) is 5.68. The molecule has 0 saturated carbocycles. The summed E-state index contributed by atoms with van der Waals surface area (Å²) in [7, 11) is 2.75. The molecule has 6 heteroatoms. The number of methoxy groups -OCH3 is 2. The van der Waals surface area contributed by atoms with E-state index < -0.39 is 11.0 Å². The minimum atomic E-state index is -0.990. The zero-order valence-electron chi connectivity index (χ0n) is 10.8. The van der Waals surface area contributed by atoms with Crippen LogP contribution in [0.5, 0.6) is 11.5 Å². The molecule has 0 aliphatic heterocycles. The van der Waals surface area contributed by atoms with Gasteiger partial charge in [0.1, 0.15) is 11.3 Å². The Morgan fingerprint density at radius 3 is 2.11 bits per heavy atom. The molecule has 0 radical (unpaired) electrons. The molecule has 0 spiro atoms. The number of hydrogen-bond acceptors (Lipinski definition) is 5. The molecular weight excluding hydrogens is 238 g/mol. The van der Waals surface area contributed by atoms with Crippen molar-refractivity contribution >= 4 is 5.69 Å². The van der Waals surface area contributed by atoms with E-state index in [-0.39, 0.29) is 28.7 Å². The van der Waals surface area contributed by atoms with Crippen molar-refractivity contribution < 1.29 is 19.5 Å². The molecule has 1 aromatic carbocycles. The molecule has 0 fully saturated rings. The third-order valence-corrected chi connectivity index (χ3v) is 2.69. The van der Waals surface area contributed by atoms with Crippen LogP contribution < -0.4 is 9.47 Å². The molecule has 0 aromatic heterocycles. The van der Waals surface area contributed by atoms with Gasteiger partial charge >= 0.3 is 5.69 Å². The van der Waals surface area contributed by atoms with Crippen molar-refractivity contribution in [3.8, 4) is 11.5 Å². The molecule has 0 aliphatic rings. The van der Waals surface area contributed by atoms with Gasteiger partial charge in [0.15, 0.2) is 5.75 Å². The maximum atomic E-state index is 11.2. The van der Waals surface area contributed by atoms with Crippen molar-refractivity contribution in [3.63, 3.8) is 0 Å². The lowest BCUT2D eigenvalue weighted by molar-refractivity contribution is -0.387. The van der Waals surface area contributed by atoms with Crippen LogP contribution in [0.25, 0.3) is 0 Å². The summed E-state index contributed by atoms with van der Waals surface area (Å²) < 4.78 is 10.1. The van der Waals surface area contributed by atoms with Gasteiger partial charge in [0.05, 0.1) is 25.2 Å². The first-order valence-corrected chi connectivity index (χ1v) is 5.51. The van der Waals surface area contributed by atoms with E-state index in [0.717, 1.165) is 0 Å². The molecular formula is C12H17NO5. The van der Waals surface area contributed by atoms with Crippen molar-refractivity contribution in [2.45, 2.75) is 20.0 Å². The Morgan fingerprint density at radius 2 is 1.72 bits per heavy atom. The second-order valence-electron chi connectivity index (χ2n) is 4.18. The van der Waals surface area contributed by atoms with Gasteiger partial charge in [-0.1, -0.05) is 13.8 Å². The molecule has 1 unspecified atom stereocenters. The normalized spacial score (nSPS) is 12.3. The van der Waals surface area contributed by atoms with Gasteiger partial charge in [-0.2, -0.15) is 0 Å². The Hall–Kier alpha value is -1.82. The molecule has 6 nitrogen and oxygen atoms in total. The van der Waals surface area contributed by atoms with Gasteiger partial charge in [-0.3, -0.25) is 10.1 Å². The van der Waals surface area contributed by atoms with Crippen LogP contribution in [-0.2, 0) is 0 Å². The van der Waals surface area contributed by atoms with Gasteiger partial charge in [0, 0.05) is 0 Å². The van der Waals surface area contributed by atoms with Crippen LogP contribution in [0.1, 0.15) is 25.5 Å². The molecule has 1 rings (SSSR count). The number of nitro benzene ring substituents is 1. The Balaban J connectivity index is 3.55. The third kappa shape index (κ3) is 2.53. The van der Waals surface area contributed by atoms with Crippen molar-refractivity contribution in [2.24, 2.45) is 5.92 Å². The lowest BCUT2D eigenvalue weighted by Crippen LogP contribution is -2.11. The van der Waals surface area contributed by atoms with Crippen LogP contribution in [0.2, 0.25) is 0 Å². The van der Waals surface area contributed by atoms with Crippen molar-refractivity contribution in [3.05, 3.63) is 27.8 Å². The summed E-state index contributed by atoms with van der Waals surface area (Å²) in [6.07, 6.45) is -0.990. The highest BCUT2D eigenvalue weighted by Gasteiger charge is 2.31. The highest BCUT2D eigenvalue weighted by Crippen LogP contribution is 2.42. The number of aliphatic hydroxyl groups is 1. The molecule has 0 heterocycles. The van der Waals surface area contributed by atoms with Crippen molar-refractivity contribution in [1.82, 2.24) is 0 Å². The number of benzene rings is 1. The Labute approximate surface area is 105 Å². The third-order valence-electron chi connectivity index (χ3n) is 2.69. The Morgan fingerprint density at radius 1 is 1.22 bits per heavy atom. The molecule has 0 amide bonds. The van der Waals surface area contributed by atoms with E-state index in [0.29, 0.717) is 0 Å². The lowest BCUT2D eigenvalue weighted by Gasteiger charge is -2.18. The van der Waals surface area contributed by atoms with Crippen LogP contribution >= 0.6 is 0 Å². The molecule has 0 aliphatic carbocycles. The monoisotopic (exact) mass is 255 g/mol. The van der Waals surface area contributed by atoms with E-state index in [4.69, 9.17) is 9.47 Å². The predicted molar refractivity (Wildman–Crippen MR) is 66.0 cm³/mol. The lowest BCUT2D eigenvalue weighted by atomic mass is 9.96. The fourth-order valence-electron chi connectivity index (χ4n) is 1.72. The summed E-state index contributed by atoms with van der Waals surface area (Å²) in [5, 5.41) is 21.3. The SMILES string of the molecule is COc1ccc(OC)c([N+](=O)[O-])c1C(O)C(C)C. The summed E-state index contributed by atoms with van der Waals surface area (Å²) in [6, 6.07) is 3.00. The molecule has 100 valence electrons. The van der Waals surface area contributed by atoms with Gasteiger partial charge in [0.25, 0.3) is 0 Å². The number of ether oxygens (including phenoxy) is 2. The summed E-state index contributed by atoms with van der Waals surface area (Å²) in [5.74, 6) is 0.212. The maximum Gasteiger partial charge on any atom is 0.320 e. The zero-order valence-corrected chi connectivity index (χ0v) is 10.8. The number of rotatable bonds is 5. The van der Waals surface area contributed by atoms with Gasteiger partial charge in [-0.05, 0) is 18.1 Å². The van der Waals surface area contributed by atoms with E-state index in [1.54, 1.807) is 19.9 Å². The first-order valence-electron chi connectivity index (χ1n) is 5.51. The number of nitrogens with zero attached hydrogens (tertiary/aromatic N) is 1. The molecule has 1 atom stereocenters. The standard InChI is InChI=1S/C12H17NO5/c1-7(2)12(14)10-8(17-3)5-6-9(18-4)11(10)13(15)16/h5-7,12,14H,1-4H3. The highest BCUT2D eigenvalue weighted by atomic mass is 16.6. The molecule has 1 aromatic rings. The average molecular weight is 255 g/mol. The van der Waals surface area contributed by atoms with E-state index in [1.807, 2.05) is 0 Å². The maximum absolute atomic E-state index is 11.2. The summed E-state index contributed by atoms with van der Waals surface area (Å²) >= 11 is 0. The highest BCUT2D eigenvalue weighted by molar-refractivity contribution is 5.60. The van der Waals surface area contributed by atoms with Crippen LogP contribution in [-0.4, -0.2) is 24.2 Å². The van der Waals surface area contributed by atoms with Crippen LogP contribution in [0.15, 0.2) is 12.1 Å². The topological polar surface area (TPSA) is 81.8 Å². The predicted octanol–water partition coefficient (Wildman–Crippen LogP) is 2.30. The van der Waals surface area contributed by atoms with Crippen LogP contribution in [0, 0.1) is 16.0 Å². The molecule has 18 heavy (non-hydrogen) atoms. The largest absolute Gasteiger partial charge is 0.496 e. The second-order valence-corrected chi connectivity index (χ2v) is 4.18. The average Bonchev–Trinajstić information content (AvgIpc) is 2.35. The van der Waals surface area contributed by atoms with Crippen molar-refractivity contribution in [2.75, 3.05) is 14.2 Å². The number of hydrogen-bond donors (Lipinski definition) is 1. The summed E-state index contributed by atoms with van der Waals surface area (Å²) in [6.45, 7) is 3.54. The summed E-state index contributed by atoms with van der Waals surface area (Å²) in [5.41, 5.74) is -0.102. The zero-order chi connectivity index (χ0) is 13.9. The smallest absolute Gasteiger partial charge is 0.320 e. The number of nitro groups is 1. The van der Waals surface area contributed by atoms with Gasteiger partial charge in [-0.15, -0.1) is 0 Å². The van der Waals surface area contributed by atoms with Gasteiger partial charge in [0.2, 0.25) is 0 Å². The van der Waals surface area contributed by atoms with E-state index in [2.05, 4.69) is 0 Å². The van der Waals surface area contributed by atoms with Crippen LogP contribution in [0.3, 0.4) is 0 Å². The van der Waals surface area contributed by atoms with E-state index in [1.165, 1.54) is 20.3 Å². The Bertz CT molecular complexity index is 444. The van der Waals surface area contributed by atoms with E-state index in [9.17, 15) is 15.2 Å². The first kappa shape index (κ1) is 14.2. The molecule has 0 saturated heterocycles. The first-order chi connectivity index (χ1) is 8.43.